The van der Waals surface area contributed by atoms with Crippen molar-refractivity contribution in [3.8, 4) is 5.75 Å². The molecule has 0 unspecified atom stereocenters. The van der Waals surface area contributed by atoms with E-state index < -0.39 is 0 Å². The largest absolute Gasteiger partial charge is 0.497 e. The Balaban J connectivity index is 2.21. The van der Waals surface area contributed by atoms with Gasteiger partial charge in [0.2, 0.25) is 0 Å². The lowest BCUT2D eigenvalue weighted by Gasteiger charge is -2.05. The normalized spacial score (nSPS) is 10.4. The van der Waals surface area contributed by atoms with Crippen molar-refractivity contribution in [3.05, 3.63) is 29.3 Å². The zero-order valence-electron chi connectivity index (χ0n) is 9.06. The third-order valence-corrected chi connectivity index (χ3v) is 4.16. The van der Waals surface area contributed by atoms with E-state index in [1.54, 1.807) is 30.2 Å². The number of methoxy groups -OCH3 is 1. The second kappa shape index (κ2) is 4.76. The zero-order chi connectivity index (χ0) is 11.5. The van der Waals surface area contributed by atoms with Crippen LogP contribution in [0.15, 0.2) is 32.8 Å². The van der Waals surface area contributed by atoms with Crippen molar-refractivity contribution in [3.63, 3.8) is 0 Å². The van der Waals surface area contributed by atoms with Gasteiger partial charge in [0.1, 0.15) is 5.75 Å². The van der Waals surface area contributed by atoms with Crippen LogP contribution in [0.2, 0.25) is 0 Å². The summed E-state index contributed by atoms with van der Waals surface area (Å²) in [4.78, 5) is 5.39. The first-order chi connectivity index (χ1) is 7.69. The van der Waals surface area contributed by atoms with Crippen molar-refractivity contribution in [2.24, 2.45) is 0 Å². The number of thiazole rings is 1. The highest BCUT2D eigenvalue weighted by atomic mass is 32.2. The maximum atomic E-state index is 5.93. The Hall–Kier alpha value is -1.20. The molecule has 1 aromatic carbocycles. The second-order valence-electron chi connectivity index (χ2n) is 3.26. The molecule has 2 aromatic rings. The van der Waals surface area contributed by atoms with E-state index in [1.807, 2.05) is 30.5 Å². The van der Waals surface area contributed by atoms with E-state index in [-0.39, 0.29) is 0 Å². The first kappa shape index (κ1) is 11.3. The highest BCUT2D eigenvalue weighted by Crippen LogP contribution is 2.35. The summed E-state index contributed by atoms with van der Waals surface area (Å²) < 4.78 is 6.11. The van der Waals surface area contributed by atoms with Crippen LogP contribution in [0, 0.1) is 6.92 Å². The van der Waals surface area contributed by atoms with Gasteiger partial charge in [0.15, 0.2) is 4.34 Å². The smallest absolute Gasteiger partial charge is 0.154 e. The van der Waals surface area contributed by atoms with Gasteiger partial charge < -0.3 is 10.5 Å². The highest BCUT2D eigenvalue weighted by molar-refractivity contribution is 8.01. The average molecular weight is 252 g/mol. The summed E-state index contributed by atoms with van der Waals surface area (Å²) in [6.07, 6.45) is 0. The molecule has 0 bridgehead atoms. The minimum atomic E-state index is 0.720. The lowest BCUT2D eigenvalue weighted by molar-refractivity contribution is 0.415. The lowest BCUT2D eigenvalue weighted by atomic mass is 10.3. The third-order valence-electron chi connectivity index (χ3n) is 2.01. The number of aryl methyl sites for hydroxylation is 1. The fourth-order valence-corrected chi connectivity index (χ4v) is 3.04. The van der Waals surface area contributed by atoms with Gasteiger partial charge in [-0.2, -0.15) is 0 Å². The van der Waals surface area contributed by atoms with Gasteiger partial charge in [-0.15, -0.1) is 11.3 Å². The molecule has 0 fully saturated rings. The van der Waals surface area contributed by atoms with Crippen molar-refractivity contribution in [1.82, 2.24) is 4.98 Å². The van der Waals surface area contributed by atoms with Gasteiger partial charge in [0.25, 0.3) is 0 Å². The number of anilines is 1. The summed E-state index contributed by atoms with van der Waals surface area (Å²) in [5.41, 5.74) is 7.69. The van der Waals surface area contributed by atoms with Gasteiger partial charge in [0, 0.05) is 27.7 Å². The molecule has 1 heterocycles. The van der Waals surface area contributed by atoms with Crippen molar-refractivity contribution in [2.75, 3.05) is 12.8 Å². The molecule has 0 spiro atoms. The van der Waals surface area contributed by atoms with E-state index in [4.69, 9.17) is 10.5 Å². The average Bonchev–Trinajstić information content (AvgIpc) is 2.67. The van der Waals surface area contributed by atoms with Gasteiger partial charge in [-0.3, -0.25) is 0 Å². The van der Waals surface area contributed by atoms with Crippen LogP contribution in [-0.2, 0) is 0 Å². The molecule has 16 heavy (non-hydrogen) atoms. The number of hydrogen-bond acceptors (Lipinski definition) is 5. The molecule has 1 aromatic heterocycles. The fraction of sp³-hybridized carbons (Fsp3) is 0.182. The Morgan fingerprint density at radius 1 is 1.44 bits per heavy atom. The second-order valence-corrected chi connectivity index (χ2v) is 5.41. The minimum absolute atomic E-state index is 0.720. The van der Waals surface area contributed by atoms with Gasteiger partial charge in [-0.05, 0) is 19.1 Å². The molecule has 0 saturated carbocycles. The number of benzene rings is 1. The molecule has 2 rings (SSSR count). The molecular weight excluding hydrogens is 240 g/mol. The van der Waals surface area contributed by atoms with Crippen LogP contribution >= 0.6 is 23.1 Å². The Morgan fingerprint density at radius 2 is 2.25 bits per heavy atom. The number of nitrogens with two attached hydrogens (primary N) is 1. The van der Waals surface area contributed by atoms with E-state index in [0.29, 0.717) is 0 Å². The van der Waals surface area contributed by atoms with Crippen LogP contribution < -0.4 is 10.5 Å². The number of nitrogen functional groups attached to an aromatic ring is 1. The maximum absolute atomic E-state index is 5.93. The fourth-order valence-electron chi connectivity index (χ4n) is 1.22. The molecule has 2 N–H and O–H groups in total. The first-order valence-electron chi connectivity index (χ1n) is 4.72. The number of ether oxygens (including phenoxy) is 1. The standard InChI is InChI=1S/C11H12N2OS2/c1-7-6-15-11(13-7)16-10-4-3-8(14-2)5-9(10)12/h3-6H,12H2,1-2H3. The minimum Gasteiger partial charge on any atom is -0.497 e. The number of aromatic nitrogens is 1. The lowest BCUT2D eigenvalue weighted by Crippen LogP contribution is -1.90. The molecule has 0 aliphatic rings. The van der Waals surface area contributed by atoms with Crippen LogP contribution in [0.25, 0.3) is 0 Å². The summed E-state index contributed by atoms with van der Waals surface area (Å²) in [7, 11) is 1.63. The van der Waals surface area contributed by atoms with E-state index >= 15 is 0 Å². The van der Waals surface area contributed by atoms with Crippen LogP contribution in [0.4, 0.5) is 5.69 Å². The molecule has 84 valence electrons. The van der Waals surface area contributed by atoms with Gasteiger partial charge in [0.05, 0.1) is 7.11 Å². The summed E-state index contributed by atoms with van der Waals surface area (Å²) in [5.74, 6) is 0.775. The molecule has 0 amide bonds. The van der Waals surface area contributed by atoms with E-state index in [2.05, 4.69) is 4.98 Å². The SMILES string of the molecule is COc1ccc(Sc2nc(C)cs2)c(N)c1. The molecule has 0 saturated heterocycles. The van der Waals surface area contributed by atoms with Gasteiger partial charge in [-0.25, -0.2) is 4.98 Å². The van der Waals surface area contributed by atoms with Crippen LogP contribution in [0.3, 0.4) is 0 Å². The Bertz CT molecular complexity index is 496. The molecule has 0 radical (unpaired) electrons. The van der Waals surface area contributed by atoms with Crippen LogP contribution in [-0.4, -0.2) is 12.1 Å². The number of hydrogen-bond donors (Lipinski definition) is 1. The predicted octanol–water partition coefficient (Wildman–Crippen LogP) is 3.19. The van der Waals surface area contributed by atoms with Crippen molar-refractivity contribution in [1.29, 1.82) is 0 Å². The molecule has 3 nitrogen and oxygen atoms in total. The predicted molar refractivity (Wildman–Crippen MR) is 68.4 cm³/mol. The topological polar surface area (TPSA) is 48.1 Å². The molecule has 5 heteroatoms. The molecule has 0 aliphatic carbocycles. The summed E-state index contributed by atoms with van der Waals surface area (Å²) in [5, 5.41) is 2.03. The van der Waals surface area contributed by atoms with E-state index in [0.717, 1.165) is 26.4 Å². The van der Waals surface area contributed by atoms with Crippen LogP contribution in [0.5, 0.6) is 5.75 Å². The summed E-state index contributed by atoms with van der Waals surface area (Å²) >= 11 is 3.21. The Morgan fingerprint density at radius 3 is 2.81 bits per heavy atom. The zero-order valence-corrected chi connectivity index (χ0v) is 10.7. The third kappa shape index (κ3) is 2.48. The highest BCUT2D eigenvalue weighted by Gasteiger charge is 2.06. The van der Waals surface area contributed by atoms with E-state index in [9.17, 15) is 0 Å². The van der Waals surface area contributed by atoms with E-state index in [1.165, 1.54) is 0 Å². The quantitative estimate of drug-likeness (QED) is 0.852. The number of rotatable bonds is 3. The van der Waals surface area contributed by atoms with Gasteiger partial charge in [-0.1, -0.05) is 11.8 Å². The van der Waals surface area contributed by atoms with Crippen LogP contribution in [0.1, 0.15) is 5.69 Å². The summed E-state index contributed by atoms with van der Waals surface area (Å²) in [6.45, 7) is 1.98. The Labute approximate surface area is 103 Å². The van der Waals surface area contributed by atoms with Gasteiger partial charge >= 0.3 is 0 Å². The van der Waals surface area contributed by atoms with Crippen molar-refractivity contribution in [2.45, 2.75) is 16.2 Å². The number of nitrogens with zero attached hydrogens (tertiary/aromatic N) is 1. The molecular formula is C11H12N2OS2. The molecule has 0 atom stereocenters. The Kier molecular flexibility index (Phi) is 3.36. The van der Waals surface area contributed by atoms with Crippen molar-refractivity contribution < 1.29 is 4.74 Å². The first-order valence-corrected chi connectivity index (χ1v) is 6.42. The summed E-state index contributed by atoms with van der Waals surface area (Å²) in [6, 6.07) is 5.68. The molecule has 0 aliphatic heterocycles. The maximum Gasteiger partial charge on any atom is 0.154 e. The van der Waals surface area contributed by atoms with Crippen molar-refractivity contribution >= 4 is 28.8 Å². The monoisotopic (exact) mass is 252 g/mol.